The summed E-state index contributed by atoms with van der Waals surface area (Å²) < 4.78 is 0. The lowest BCUT2D eigenvalue weighted by molar-refractivity contribution is 0.0697. The Bertz CT molecular complexity index is 332. The van der Waals surface area contributed by atoms with E-state index in [0.717, 1.165) is 18.7 Å². The van der Waals surface area contributed by atoms with Crippen LogP contribution < -0.4 is 5.32 Å². The molecule has 16 heavy (non-hydrogen) atoms. The molecule has 0 heterocycles. The largest absolute Gasteiger partial charge is 0.478 e. The number of carboxylic acids is 1. The molecule has 0 bridgehead atoms. The number of carboxylic acid groups (broad SMARTS) is 1. The Kier molecular flexibility index (Phi) is 4.99. The summed E-state index contributed by atoms with van der Waals surface area (Å²) in [7, 11) is 0. The van der Waals surface area contributed by atoms with Gasteiger partial charge in [0.2, 0.25) is 0 Å². The van der Waals surface area contributed by atoms with Crippen LogP contribution in [0.4, 0.5) is 0 Å². The van der Waals surface area contributed by atoms with E-state index in [1.807, 2.05) is 12.1 Å². The van der Waals surface area contributed by atoms with Gasteiger partial charge in [-0.25, -0.2) is 4.79 Å². The zero-order chi connectivity index (χ0) is 12.0. The molecule has 1 rings (SSSR count). The van der Waals surface area contributed by atoms with Crippen molar-refractivity contribution in [2.45, 2.75) is 26.8 Å². The summed E-state index contributed by atoms with van der Waals surface area (Å²) in [5.74, 6) is -0.197. The van der Waals surface area contributed by atoms with Crippen molar-refractivity contribution >= 4 is 5.97 Å². The van der Waals surface area contributed by atoms with E-state index in [0.29, 0.717) is 11.5 Å². The highest BCUT2D eigenvalue weighted by atomic mass is 16.4. The molecule has 0 spiro atoms. The Labute approximate surface area is 96.5 Å². The Morgan fingerprint density at radius 3 is 2.50 bits per heavy atom. The molecule has 3 nitrogen and oxygen atoms in total. The number of benzene rings is 1. The van der Waals surface area contributed by atoms with Crippen LogP contribution >= 0.6 is 0 Å². The maximum absolute atomic E-state index is 10.6. The van der Waals surface area contributed by atoms with Crippen LogP contribution in [-0.4, -0.2) is 17.6 Å². The second-order valence-electron chi connectivity index (χ2n) is 4.15. The van der Waals surface area contributed by atoms with Gasteiger partial charge in [0.15, 0.2) is 0 Å². The van der Waals surface area contributed by atoms with E-state index >= 15 is 0 Å². The first-order valence-electron chi connectivity index (χ1n) is 5.66. The highest BCUT2D eigenvalue weighted by molar-refractivity contribution is 5.87. The quantitative estimate of drug-likeness (QED) is 0.776. The van der Waals surface area contributed by atoms with Crippen molar-refractivity contribution in [2.75, 3.05) is 6.54 Å². The maximum atomic E-state index is 10.6. The van der Waals surface area contributed by atoms with Gasteiger partial charge in [-0.05, 0) is 30.2 Å². The third-order valence-corrected chi connectivity index (χ3v) is 2.72. The molecule has 88 valence electrons. The van der Waals surface area contributed by atoms with Gasteiger partial charge < -0.3 is 10.4 Å². The Hall–Kier alpha value is -1.35. The van der Waals surface area contributed by atoms with E-state index in [-0.39, 0.29) is 0 Å². The van der Waals surface area contributed by atoms with E-state index < -0.39 is 5.97 Å². The smallest absolute Gasteiger partial charge is 0.335 e. The number of aromatic carboxylic acids is 1. The van der Waals surface area contributed by atoms with Crippen LogP contribution in [0.3, 0.4) is 0 Å². The number of nitrogens with one attached hydrogen (secondary N) is 1. The van der Waals surface area contributed by atoms with Gasteiger partial charge in [-0.1, -0.05) is 32.4 Å². The van der Waals surface area contributed by atoms with Crippen molar-refractivity contribution < 1.29 is 9.90 Å². The number of hydrogen-bond donors (Lipinski definition) is 2. The first kappa shape index (κ1) is 12.7. The van der Waals surface area contributed by atoms with Crippen molar-refractivity contribution in [3.63, 3.8) is 0 Å². The minimum absolute atomic E-state index is 0.339. The molecule has 1 aromatic carbocycles. The predicted octanol–water partition coefficient (Wildman–Crippen LogP) is 2.52. The van der Waals surface area contributed by atoms with Crippen molar-refractivity contribution in [3.05, 3.63) is 35.4 Å². The monoisotopic (exact) mass is 221 g/mol. The van der Waals surface area contributed by atoms with Crippen LogP contribution in [0.2, 0.25) is 0 Å². The van der Waals surface area contributed by atoms with Crippen LogP contribution in [0.15, 0.2) is 24.3 Å². The normalized spacial score (nSPS) is 12.4. The summed E-state index contributed by atoms with van der Waals surface area (Å²) in [4.78, 5) is 10.6. The first-order valence-corrected chi connectivity index (χ1v) is 5.66. The fraction of sp³-hybridized carbons (Fsp3) is 0.462. The highest BCUT2D eigenvalue weighted by Gasteiger charge is 2.02. The molecule has 3 heteroatoms. The lowest BCUT2D eigenvalue weighted by Gasteiger charge is -2.10. The second-order valence-corrected chi connectivity index (χ2v) is 4.15. The van der Waals surface area contributed by atoms with Gasteiger partial charge in [-0.15, -0.1) is 0 Å². The first-order chi connectivity index (χ1) is 7.63. The molecule has 0 aromatic heterocycles. The molecule has 0 aliphatic carbocycles. The molecule has 2 N–H and O–H groups in total. The molecule has 0 radical (unpaired) electrons. The molecule has 1 aromatic rings. The topological polar surface area (TPSA) is 49.3 Å². The van der Waals surface area contributed by atoms with Gasteiger partial charge in [0.1, 0.15) is 0 Å². The molecule has 0 saturated heterocycles. The molecule has 1 unspecified atom stereocenters. The fourth-order valence-corrected chi connectivity index (χ4v) is 1.37. The van der Waals surface area contributed by atoms with Crippen LogP contribution in [-0.2, 0) is 6.54 Å². The second kappa shape index (κ2) is 6.28. The lowest BCUT2D eigenvalue weighted by Crippen LogP contribution is -2.20. The van der Waals surface area contributed by atoms with Crippen LogP contribution in [0, 0.1) is 5.92 Å². The van der Waals surface area contributed by atoms with Crippen LogP contribution in [0.1, 0.15) is 36.2 Å². The Balaban J connectivity index is 2.40. The molecule has 0 aliphatic rings. The Morgan fingerprint density at radius 1 is 1.38 bits per heavy atom. The minimum Gasteiger partial charge on any atom is -0.478 e. The van der Waals surface area contributed by atoms with Crippen molar-refractivity contribution in [1.29, 1.82) is 0 Å². The number of carbonyl (C=O) groups is 1. The standard InChI is InChI=1S/C13H19NO2/c1-3-10(2)8-14-9-11-4-6-12(7-5-11)13(15)16/h4-7,10,14H,3,8-9H2,1-2H3,(H,15,16). The summed E-state index contributed by atoms with van der Waals surface area (Å²) in [5, 5.41) is 12.1. The van der Waals surface area contributed by atoms with E-state index in [4.69, 9.17) is 5.11 Å². The molecule has 1 atom stereocenters. The van der Waals surface area contributed by atoms with Gasteiger partial charge in [0.05, 0.1) is 5.56 Å². The third kappa shape index (κ3) is 4.03. The number of hydrogen-bond acceptors (Lipinski definition) is 2. The summed E-state index contributed by atoms with van der Waals surface area (Å²) >= 11 is 0. The SMILES string of the molecule is CCC(C)CNCc1ccc(C(=O)O)cc1. The van der Waals surface area contributed by atoms with Gasteiger partial charge in [-0.3, -0.25) is 0 Å². The number of rotatable bonds is 6. The fourth-order valence-electron chi connectivity index (χ4n) is 1.37. The van der Waals surface area contributed by atoms with Crippen molar-refractivity contribution in [2.24, 2.45) is 5.92 Å². The molecule has 0 saturated carbocycles. The predicted molar refractivity (Wildman–Crippen MR) is 64.6 cm³/mol. The van der Waals surface area contributed by atoms with E-state index in [9.17, 15) is 4.79 Å². The van der Waals surface area contributed by atoms with E-state index in [1.165, 1.54) is 6.42 Å². The highest BCUT2D eigenvalue weighted by Crippen LogP contribution is 2.05. The summed E-state index contributed by atoms with van der Waals surface area (Å²) in [5.41, 5.74) is 1.46. The van der Waals surface area contributed by atoms with Crippen molar-refractivity contribution in [1.82, 2.24) is 5.32 Å². The summed E-state index contributed by atoms with van der Waals surface area (Å²) in [6.07, 6.45) is 1.17. The summed E-state index contributed by atoms with van der Waals surface area (Å²) in [6.45, 7) is 6.18. The minimum atomic E-state index is -0.876. The molecular formula is C13H19NO2. The zero-order valence-corrected chi connectivity index (χ0v) is 9.86. The maximum Gasteiger partial charge on any atom is 0.335 e. The third-order valence-electron chi connectivity index (χ3n) is 2.72. The zero-order valence-electron chi connectivity index (χ0n) is 9.86. The Morgan fingerprint density at radius 2 is 2.00 bits per heavy atom. The van der Waals surface area contributed by atoms with Crippen LogP contribution in [0.25, 0.3) is 0 Å². The lowest BCUT2D eigenvalue weighted by atomic mass is 10.1. The molecule has 0 amide bonds. The van der Waals surface area contributed by atoms with Gasteiger partial charge in [0.25, 0.3) is 0 Å². The van der Waals surface area contributed by atoms with Crippen molar-refractivity contribution in [3.8, 4) is 0 Å². The van der Waals surface area contributed by atoms with Crippen LogP contribution in [0.5, 0.6) is 0 Å². The average molecular weight is 221 g/mol. The van der Waals surface area contributed by atoms with Gasteiger partial charge >= 0.3 is 5.97 Å². The van der Waals surface area contributed by atoms with E-state index in [1.54, 1.807) is 12.1 Å². The van der Waals surface area contributed by atoms with Gasteiger partial charge in [-0.2, -0.15) is 0 Å². The molecule has 0 aliphatic heterocycles. The van der Waals surface area contributed by atoms with E-state index in [2.05, 4.69) is 19.2 Å². The average Bonchev–Trinajstić information content (AvgIpc) is 2.29. The van der Waals surface area contributed by atoms with Gasteiger partial charge in [0, 0.05) is 6.54 Å². The summed E-state index contributed by atoms with van der Waals surface area (Å²) in [6, 6.07) is 6.99. The molecular weight excluding hydrogens is 202 g/mol. The molecule has 0 fully saturated rings.